The number of nitrogens with zero attached hydrogens (tertiary/aromatic N) is 3. The zero-order valence-electron chi connectivity index (χ0n) is 19.1. The molecular formula is C23H28FN5O5. The molecular weight excluding hydrogens is 445 g/mol. The number of piperazine rings is 1. The Balaban J connectivity index is 1.43. The first kappa shape index (κ1) is 25.1. The number of hydrogen-bond acceptors (Lipinski definition) is 7. The molecule has 182 valence electrons. The number of anilines is 2. The second-order valence-corrected chi connectivity index (χ2v) is 7.99. The van der Waals surface area contributed by atoms with Crippen LogP contribution in [0.1, 0.15) is 13.3 Å². The van der Waals surface area contributed by atoms with Gasteiger partial charge in [-0.2, -0.15) is 0 Å². The number of carbonyl (C=O) groups excluding carboxylic acids is 2. The van der Waals surface area contributed by atoms with Crippen molar-refractivity contribution in [3.05, 3.63) is 58.4 Å². The highest BCUT2D eigenvalue weighted by Crippen LogP contribution is 2.29. The molecule has 0 aliphatic carbocycles. The lowest BCUT2D eigenvalue weighted by atomic mass is 10.2. The number of carbonyl (C=O) groups is 2. The molecule has 34 heavy (non-hydrogen) atoms. The maximum absolute atomic E-state index is 13.3. The molecule has 1 aliphatic rings. The number of rotatable bonds is 9. The number of nitro benzene ring substituents is 1. The van der Waals surface area contributed by atoms with Crippen molar-refractivity contribution < 1.29 is 23.6 Å². The van der Waals surface area contributed by atoms with Gasteiger partial charge in [-0.25, -0.2) is 4.39 Å². The number of nitrogens with one attached hydrogen (secondary N) is 2. The van der Waals surface area contributed by atoms with E-state index in [1.165, 1.54) is 37.4 Å². The molecule has 11 heteroatoms. The standard InChI is InChI=1S/C23H28FN5O5/c1-16(23(31)25-18-5-3-4-17(24)14-18)28-12-10-27(11-13-28)9-8-22(30)26-20-7-6-19(29(32)33)15-21(20)34-2/h3-7,14-16H,8-13H2,1-2H3,(H,25,31)(H,26,30). The highest BCUT2D eigenvalue weighted by atomic mass is 19.1. The quantitative estimate of drug-likeness (QED) is 0.425. The number of methoxy groups -OCH3 is 1. The average Bonchev–Trinajstić information content (AvgIpc) is 2.82. The molecule has 1 aliphatic heterocycles. The van der Waals surface area contributed by atoms with Crippen molar-refractivity contribution in [2.75, 3.05) is 50.5 Å². The summed E-state index contributed by atoms with van der Waals surface area (Å²) in [5.41, 5.74) is 0.679. The van der Waals surface area contributed by atoms with E-state index in [1.54, 1.807) is 12.1 Å². The Morgan fingerprint density at radius 1 is 1.15 bits per heavy atom. The summed E-state index contributed by atoms with van der Waals surface area (Å²) < 4.78 is 18.5. The second kappa shape index (κ2) is 11.5. The van der Waals surface area contributed by atoms with Gasteiger partial charge in [0, 0.05) is 50.9 Å². The van der Waals surface area contributed by atoms with E-state index >= 15 is 0 Å². The van der Waals surface area contributed by atoms with Crippen LogP contribution in [0, 0.1) is 15.9 Å². The van der Waals surface area contributed by atoms with Crippen molar-refractivity contribution in [3.63, 3.8) is 0 Å². The van der Waals surface area contributed by atoms with Crippen LogP contribution in [0.15, 0.2) is 42.5 Å². The summed E-state index contributed by atoms with van der Waals surface area (Å²) in [5.74, 6) is -0.607. The molecule has 1 unspecified atom stereocenters. The topological polar surface area (TPSA) is 117 Å². The van der Waals surface area contributed by atoms with Crippen LogP contribution in [-0.4, -0.2) is 72.4 Å². The summed E-state index contributed by atoms with van der Waals surface area (Å²) in [4.78, 5) is 39.5. The number of benzene rings is 2. The van der Waals surface area contributed by atoms with E-state index in [4.69, 9.17) is 4.74 Å². The van der Waals surface area contributed by atoms with Crippen LogP contribution < -0.4 is 15.4 Å². The molecule has 2 aromatic rings. The minimum absolute atomic E-state index is 0.119. The molecule has 0 radical (unpaired) electrons. The Hall–Kier alpha value is -3.57. The zero-order valence-corrected chi connectivity index (χ0v) is 19.1. The summed E-state index contributed by atoms with van der Waals surface area (Å²) in [6, 6.07) is 9.43. The number of hydrogen-bond donors (Lipinski definition) is 2. The van der Waals surface area contributed by atoms with Crippen molar-refractivity contribution in [2.45, 2.75) is 19.4 Å². The van der Waals surface area contributed by atoms with Crippen LogP contribution >= 0.6 is 0 Å². The van der Waals surface area contributed by atoms with Crippen LogP contribution in [0.4, 0.5) is 21.5 Å². The lowest BCUT2D eigenvalue weighted by Gasteiger charge is -2.37. The van der Waals surface area contributed by atoms with Crippen molar-refractivity contribution in [1.29, 1.82) is 0 Å². The second-order valence-electron chi connectivity index (χ2n) is 7.99. The van der Waals surface area contributed by atoms with Gasteiger partial charge in [0.15, 0.2) is 0 Å². The minimum atomic E-state index is -0.528. The lowest BCUT2D eigenvalue weighted by Crippen LogP contribution is -2.53. The smallest absolute Gasteiger partial charge is 0.273 e. The minimum Gasteiger partial charge on any atom is -0.494 e. The molecule has 1 fully saturated rings. The molecule has 0 bridgehead atoms. The van der Waals surface area contributed by atoms with Crippen molar-refractivity contribution >= 4 is 28.9 Å². The van der Waals surface area contributed by atoms with E-state index in [0.29, 0.717) is 44.1 Å². The third-order valence-corrected chi connectivity index (χ3v) is 5.75. The molecule has 0 saturated carbocycles. The number of ether oxygens (including phenoxy) is 1. The van der Waals surface area contributed by atoms with E-state index in [2.05, 4.69) is 15.5 Å². The van der Waals surface area contributed by atoms with Crippen LogP contribution in [0.2, 0.25) is 0 Å². The van der Waals surface area contributed by atoms with Crippen molar-refractivity contribution in [1.82, 2.24) is 9.80 Å². The molecule has 0 aromatic heterocycles. The molecule has 2 amide bonds. The van der Waals surface area contributed by atoms with Gasteiger partial charge < -0.3 is 20.3 Å². The molecule has 10 nitrogen and oxygen atoms in total. The predicted molar refractivity (Wildman–Crippen MR) is 125 cm³/mol. The highest BCUT2D eigenvalue weighted by Gasteiger charge is 2.26. The first-order valence-corrected chi connectivity index (χ1v) is 10.9. The largest absolute Gasteiger partial charge is 0.494 e. The van der Waals surface area contributed by atoms with E-state index in [-0.39, 0.29) is 35.7 Å². The van der Waals surface area contributed by atoms with Gasteiger partial charge in [0.25, 0.3) is 5.69 Å². The van der Waals surface area contributed by atoms with Gasteiger partial charge in [-0.1, -0.05) is 6.07 Å². The van der Waals surface area contributed by atoms with Gasteiger partial charge in [-0.3, -0.25) is 24.6 Å². The summed E-state index contributed by atoms with van der Waals surface area (Å²) >= 11 is 0. The maximum atomic E-state index is 13.3. The van der Waals surface area contributed by atoms with Gasteiger partial charge in [0.05, 0.1) is 29.8 Å². The Bertz CT molecular complexity index is 1040. The number of non-ortho nitro benzene ring substituents is 1. The molecule has 3 rings (SSSR count). The summed E-state index contributed by atoms with van der Waals surface area (Å²) in [6.45, 7) is 5.08. The normalized spacial score (nSPS) is 15.4. The molecule has 1 atom stereocenters. The Labute approximate surface area is 196 Å². The first-order chi connectivity index (χ1) is 16.3. The van der Waals surface area contributed by atoms with Crippen molar-refractivity contribution in [2.24, 2.45) is 0 Å². The molecule has 2 aromatic carbocycles. The van der Waals surface area contributed by atoms with Crippen LogP contribution in [-0.2, 0) is 9.59 Å². The van der Waals surface area contributed by atoms with Crippen molar-refractivity contribution in [3.8, 4) is 5.75 Å². The summed E-state index contributed by atoms with van der Waals surface area (Å²) in [7, 11) is 1.38. The molecule has 0 spiro atoms. The van der Waals surface area contributed by atoms with Gasteiger partial charge in [0.2, 0.25) is 11.8 Å². The van der Waals surface area contributed by atoms with Crippen LogP contribution in [0.5, 0.6) is 5.75 Å². The Morgan fingerprint density at radius 2 is 1.88 bits per heavy atom. The third kappa shape index (κ3) is 6.72. The fourth-order valence-corrected chi connectivity index (χ4v) is 3.72. The predicted octanol–water partition coefficient (Wildman–Crippen LogP) is 2.72. The molecule has 1 heterocycles. The maximum Gasteiger partial charge on any atom is 0.273 e. The number of halogens is 1. The van der Waals surface area contributed by atoms with Gasteiger partial charge in [-0.15, -0.1) is 0 Å². The third-order valence-electron chi connectivity index (χ3n) is 5.75. The lowest BCUT2D eigenvalue weighted by molar-refractivity contribution is -0.384. The Morgan fingerprint density at radius 3 is 2.53 bits per heavy atom. The number of nitro groups is 1. The van der Waals surface area contributed by atoms with E-state index in [1.807, 2.05) is 11.8 Å². The van der Waals surface area contributed by atoms with Crippen LogP contribution in [0.3, 0.4) is 0 Å². The van der Waals surface area contributed by atoms with E-state index < -0.39 is 10.7 Å². The van der Waals surface area contributed by atoms with Gasteiger partial charge in [0.1, 0.15) is 11.6 Å². The fourth-order valence-electron chi connectivity index (χ4n) is 3.72. The van der Waals surface area contributed by atoms with Gasteiger partial charge >= 0.3 is 0 Å². The van der Waals surface area contributed by atoms with Crippen LogP contribution in [0.25, 0.3) is 0 Å². The summed E-state index contributed by atoms with van der Waals surface area (Å²) in [6.07, 6.45) is 0.246. The summed E-state index contributed by atoms with van der Waals surface area (Å²) in [5, 5.41) is 16.4. The number of amides is 2. The highest BCUT2D eigenvalue weighted by molar-refractivity contribution is 5.94. The average molecular weight is 474 g/mol. The molecule has 1 saturated heterocycles. The molecule has 2 N–H and O–H groups in total. The SMILES string of the molecule is COc1cc([N+](=O)[O-])ccc1NC(=O)CCN1CCN(C(C)C(=O)Nc2cccc(F)c2)CC1. The van der Waals surface area contributed by atoms with Gasteiger partial charge in [-0.05, 0) is 31.2 Å². The monoisotopic (exact) mass is 473 g/mol. The Kier molecular flexibility index (Phi) is 8.50. The zero-order chi connectivity index (χ0) is 24.7. The van der Waals surface area contributed by atoms with E-state index in [9.17, 15) is 24.1 Å². The van der Waals surface area contributed by atoms with E-state index in [0.717, 1.165) is 0 Å². The first-order valence-electron chi connectivity index (χ1n) is 10.9. The fraction of sp³-hybridized carbons (Fsp3) is 0.391.